The molecule has 0 fully saturated rings. The molecule has 0 spiro atoms. The van der Waals surface area contributed by atoms with E-state index in [2.05, 4.69) is 5.16 Å². The fourth-order valence-corrected chi connectivity index (χ4v) is 4.35. The monoisotopic (exact) mass is 446 g/mol. The number of carbonyl (C=O) groups is 1. The van der Waals surface area contributed by atoms with E-state index in [1.54, 1.807) is 6.92 Å². The van der Waals surface area contributed by atoms with Crippen LogP contribution in [-0.2, 0) is 19.5 Å². The average molecular weight is 447 g/mol. The van der Waals surface area contributed by atoms with Crippen molar-refractivity contribution in [3.05, 3.63) is 59.7 Å². The van der Waals surface area contributed by atoms with Crippen LogP contribution in [0.15, 0.2) is 53.7 Å². The zero-order chi connectivity index (χ0) is 22.8. The molecule has 0 radical (unpaired) electrons. The summed E-state index contributed by atoms with van der Waals surface area (Å²) in [5.41, 5.74) is 5.78. The van der Waals surface area contributed by atoms with Crippen molar-refractivity contribution in [2.75, 3.05) is 6.26 Å². The molecule has 2 aromatic rings. The van der Waals surface area contributed by atoms with Crippen LogP contribution in [0, 0.1) is 0 Å². The molecule has 8 nitrogen and oxygen atoms in total. The highest BCUT2D eigenvalue weighted by Crippen LogP contribution is 2.30. The van der Waals surface area contributed by atoms with Crippen molar-refractivity contribution >= 4 is 21.5 Å². The standard InChI is InChI=1S/C22H26N2O6S/c1-14(25)15-4-6-16(7-5-15)17-8-10-18(11-9-17)20-12-19(30-24-20)13-22(2,21(26)23-27)31(3,28)29/h4-11,14,19,25,27H,12-13H2,1-3H3,(H,23,26)/t14-,19+,22?/m0/s1. The van der Waals surface area contributed by atoms with Gasteiger partial charge >= 0.3 is 0 Å². The number of nitrogens with one attached hydrogen (secondary N) is 1. The molecule has 0 saturated heterocycles. The normalized spacial score (nSPS) is 19.1. The molecule has 0 aliphatic carbocycles. The van der Waals surface area contributed by atoms with Crippen LogP contribution < -0.4 is 5.48 Å². The van der Waals surface area contributed by atoms with E-state index in [0.717, 1.165) is 28.5 Å². The Morgan fingerprint density at radius 2 is 1.68 bits per heavy atom. The number of carbonyl (C=O) groups excluding carboxylic acids is 1. The molecule has 2 aromatic carbocycles. The van der Waals surface area contributed by atoms with Crippen molar-refractivity contribution in [3.8, 4) is 11.1 Å². The second-order valence-corrected chi connectivity index (χ2v) is 10.4. The molecule has 3 atom stereocenters. The number of benzene rings is 2. The maximum Gasteiger partial charge on any atom is 0.264 e. The van der Waals surface area contributed by atoms with Gasteiger partial charge in [0.25, 0.3) is 5.91 Å². The van der Waals surface area contributed by atoms with E-state index in [-0.39, 0.29) is 6.42 Å². The van der Waals surface area contributed by atoms with Crippen molar-refractivity contribution in [2.45, 2.75) is 43.6 Å². The Hall–Kier alpha value is -2.75. The van der Waals surface area contributed by atoms with Crippen LogP contribution in [0.25, 0.3) is 11.1 Å². The number of aliphatic hydroxyl groups excluding tert-OH is 1. The van der Waals surface area contributed by atoms with Gasteiger partial charge in [-0.05, 0) is 36.1 Å². The number of nitrogens with zero attached hydrogens (tertiary/aromatic N) is 1. The molecule has 1 amide bonds. The summed E-state index contributed by atoms with van der Waals surface area (Å²) in [4.78, 5) is 17.4. The van der Waals surface area contributed by atoms with E-state index in [9.17, 15) is 18.3 Å². The van der Waals surface area contributed by atoms with Crippen LogP contribution in [0.2, 0.25) is 0 Å². The molecule has 9 heteroatoms. The summed E-state index contributed by atoms with van der Waals surface area (Å²) in [6.07, 6.45) is 0.0221. The first kappa shape index (κ1) is 22.9. The van der Waals surface area contributed by atoms with Gasteiger partial charge in [0.1, 0.15) is 6.10 Å². The van der Waals surface area contributed by atoms with E-state index < -0.39 is 32.7 Å². The third kappa shape index (κ3) is 4.79. The second-order valence-electron chi connectivity index (χ2n) is 7.99. The highest BCUT2D eigenvalue weighted by molar-refractivity contribution is 7.92. The number of sulfone groups is 1. The van der Waals surface area contributed by atoms with Crippen LogP contribution in [0.1, 0.15) is 43.9 Å². The van der Waals surface area contributed by atoms with Crippen LogP contribution in [0.5, 0.6) is 0 Å². The van der Waals surface area contributed by atoms with E-state index in [4.69, 9.17) is 10.0 Å². The first-order valence-electron chi connectivity index (χ1n) is 9.81. The Morgan fingerprint density at radius 1 is 1.16 bits per heavy atom. The molecule has 1 aliphatic heterocycles. The molecule has 1 heterocycles. The Labute approximate surface area is 181 Å². The van der Waals surface area contributed by atoms with Gasteiger partial charge in [-0.2, -0.15) is 0 Å². The number of hydrogen-bond acceptors (Lipinski definition) is 7. The summed E-state index contributed by atoms with van der Waals surface area (Å²) in [6, 6.07) is 15.4. The number of amides is 1. The molecule has 166 valence electrons. The topological polar surface area (TPSA) is 125 Å². The SMILES string of the molecule is C[C@H](O)c1ccc(-c2ccc(C3=NO[C@@H](CC(C)(C(=O)NO)S(C)(=O)=O)C3)cc2)cc1. The highest BCUT2D eigenvalue weighted by atomic mass is 32.2. The zero-order valence-corrected chi connectivity index (χ0v) is 18.4. The summed E-state index contributed by atoms with van der Waals surface area (Å²) >= 11 is 0. The van der Waals surface area contributed by atoms with Crippen LogP contribution in [0.4, 0.5) is 0 Å². The smallest absolute Gasteiger partial charge is 0.264 e. The molecule has 0 aromatic heterocycles. The summed E-state index contributed by atoms with van der Waals surface area (Å²) < 4.78 is 22.5. The average Bonchev–Trinajstić information content (AvgIpc) is 3.20. The van der Waals surface area contributed by atoms with Crippen LogP contribution in [0.3, 0.4) is 0 Å². The van der Waals surface area contributed by atoms with Crippen molar-refractivity contribution in [2.24, 2.45) is 5.16 Å². The number of oxime groups is 1. The number of aliphatic hydroxyl groups is 1. The van der Waals surface area contributed by atoms with E-state index in [0.29, 0.717) is 12.1 Å². The molecule has 31 heavy (non-hydrogen) atoms. The van der Waals surface area contributed by atoms with Gasteiger partial charge in [-0.3, -0.25) is 10.0 Å². The molecular formula is C22H26N2O6S. The lowest BCUT2D eigenvalue weighted by atomic mass is 9.95. The van der Waals surface area contributed by atoms with Crippen LogP contribution >= 0.6 is 0 Å². The minimum absolute atomic E-state index is 0.140. The molecule has 3 N–H and O–H groups in total. The van der Waals surface area contributed by atoms with Crippen molar-refractivity contribution < 1.29 is 28.4 Å². The van der Waals surface area contributed by atoms with Crippen molar-refractivity contribution in [1.29, 1.82) is 0 Å². The Kier molecular flexibility index (Phi) is 6.49. The summed E-state index contributed by atoms with van der Waals surface area (Å²) in [7, 11) is -3.81. The minimum atomic E-state index is -3.81. The van der Waals surface area contributed by atoms with E-state index >= 15 is 0 Å². The number of hydrogen-bond donors (Lipinski definition) is 3. The van der Waals surface area contributed by atoms with Gasteiger partial charge in [-0.1, -0.05) is 53.7 Å². The Bertz CT molecular complexity index is 1080. The first-order valence-corrected chi connectivity index (χ1v) is 11.7. The third-order valence-corrected chi connectivity index (χ3v) is 7.68. The van der Waals surface area contributed by atoms with Gasteiger partial charge in [-0.25, -0.2) is 13.9 Å². The van der Waals surface area contributed by atoms with Crippen LogP contribution in [-0.4, -0.2) is 47.5 Å². The molecule has 1 aliphatic rings. The molecule has 3 rings (SSSR count). The summed E-state index contributed by atoms with van der Waals surface area (Å²) in [6.45, 7) is 2.98. The minimum Gasteiger partial charge on any atom is -0.392 e. The summed E-state index contributed by atoms with van der Waals surface area (Å²) in [5.74, 6) is -1.00. The molecular weight excluding hydrogens is 420 g/mol. The van der Waals surface area contributed by atoms with Gasteiger partial charge in [0.05, 0.1) is 11.8 Å². The van der Waals surface area contributed by atoms with Crippen molar-refractivity contribution in [3.63, 3.8) is 0 Å². The van der Waals surface area contributed by atoms with Gasteiger partial charge < -0.3 is 9.94 Å². The van der Waals surface area contributed by atoms with Gasteiger partial charge in [-0.15, -0.1) is 0 Å². The number of hydroxylamine groups is 1. The molecule has 0 saturated carbocycles. The fraction of sp³-hybridized carbons (Fsp3) is 0.364. The van der Waals surface area contributed by atoms with Gasteiger partial charge in [0.2, 0.25) is 0 Å². The van der Waals surface area contributed by atoms with Crippen molar-refractivity contribution in [1.82, 2.24) is 5.48 Å². The molecule has 0 bridgehead atoms. The maximum atomic E-state index is 12.1. The Balaban J connectivity index is 1.70. The first-order chi connectivity index (χ1) is 14.5. The van der Waals surface area contributed by atoms with Gasteiger partial charge in [0.15, 0.2) is 14.6 Å². The fourth-order valence-electron chi connectivity index (χ4n) is 3.48. The number of rotatable bonds is 7. The largest absolute Gasteiger partial charge is 0.392 e. The Morgan fingerprint density at radius 3 is 2.16 bits per heavy atom. The predicted molar refractivity (Wildman–Crippen MR) is 116 cm³/mol. The lowest BCUT2D eigenvalue weighted by Gasteiger charge is -2.26. The summed E-state index contributed by atoms with van der Waals surface area (Å²) in [5, 5.41) is 22.7. The molecule has 1 unspecified atom stereocenters. The van der Waals surface area contributed by atoms with E-state index in [1.807, 2.05) is 48.5 Å². The predicted octanol–water partition coefficient (Wildman–Crippen LogP) is 2.60. The second kappa shape index (κ2) is 8.78. The van der Waals surface area contributed by atoms with Gasteiger partial charge in [0, 0.05) is 19.1 Å². The lowest BCUT2D eigenvalue weighted by molar-refractivity contribution is -0.132. The highest BCUT2D eigenvalue weighted by Gasteiger charge is 2.47. The third-order valence-electron chi connectivity index (χ3n) is 5.69. The lowest BCUT2D eigenvalue weighted by Crippen LogP contribution is -2.51. The zero-order valence-electron chi connectivity index (χ0n) is 17.6. The van der Waals surface area contributed by atoms with E-state index in [1.165, 1.54) is 12.4 Å². The quantitative estimate of drug-likeness (QED) is 0.443. The maximum absolute atomic E-state index is 12.1.